The molecule has 0 spiro atoms. The number of aryl methyl sites for hydroxylation is 1. The molecular formula is C20H19FN4O. The van der Waals surface area contributed by atoms with Crippen LogP contribution in [0.15, 0.2) is 48.8 Å². The first-order valence-corrected chi connectivity index (χ1v) is 8.64. The normalized spacial score (nSPS) is 17.1. The largest absolute Gasteiger partial charge is 0.293 e. The van der Waals surface area contributed by atoms with Crippen LogP contribution >= 0.6 is 0 Å². The second kappa shape index (κ2) is 6.71. The van der Waals surface area contributed by atoms with Gasteiger partial charge in [0.05, 0.1) is 0 Å². The quantitative estimate of drug-likeness (QED) is 0.783. The van der Waals surface area contributed by atoms with Crippen LogP contribution in [0.4, 0.5) is 10.2 Å². The molecule has 6 heteroatoms. The number of aromatic nitrogens is 3. The summed E-state index contributed by atoms with van der Waals surface area (Å²) in [7, 11) is 0. The van der Waals surface area contributed by atoms with Crippen molar-refractivity contribution < 1.29 is 9.18 Å². The van der Waals surface area contributed by atoms with Gasteiger partial charge in [-0.05, 0) is 37.5 Å². The number of carbonyl (C=O) groups is 1. The second-order valence-electron chi connectivity index (χ2n) is 6.64. The van der Waals surface area contributed by atoms with E-state index in [1.54, 1.807) is 24.5 Å². The first-order valence-electron chi connectivity index (χ1n) is 8.64. The van der Waals surface area contributed by atoms with E-state index < -0.39 is 5.82 Å². The summed E-state index contributed by atoms with van der Waals surface area (Å²) in [5.41, 5.74) is 3.24. The maximum Gasteiger partial charge on any atom is 0.231 e. The number of hydrogen-bond donors (Lipinski definition) is 1. The van der Waals surface area contributed by atoms with Gasteiger partial charge in [0.1, 0.15) is 5.69 Å². The van der Waals surface area contributed by atoms with E-state index in [2.05, 4.69) is 15.2 Å². The van der Waals surface area contributed by atoms with Gasteiger partial charge < -0.3 is 0 Å². The number of H-pyrrole nitrogens is 1. The van der Waals surface area contributed by atoms with Crippen molar-refractivity contribution in [2.75, 3.05) is 11.4 Å². The van der Waals surface area contributed by atoms with E-state index in [1.165, 1.54) is 10.5 Å². The molecule has 0 radical (unpaired) electrons. The van der Waals surface area contributed by atoms with Gasteiger partial charge >= 0.3 is 0 Å². The summed E-state index contributed by atoms with van der Waals surface area (Å²) in [4.78, 5) is 18.2. The molecule has 3 aromatic rings. The standard InChI is InChI=1S/C20H19FN4O/c1-13-2-4-14(5-3-13)12-16-8-11-25(20(16)26)19-17(21)18(23-24-19)15-6-9-22-10-7-15/h2-7,9-10,16H,8,11-12H2,1H3,(H,23,24). The molecule has 1 aliphatic heterocycles. The van der Waals surface area contributed by atoms with E-state index in [0.29, 0.717) is 24.9 Å². The number of pyridine rings is 1. The molecular weight excluding hydrogens is 331 g/mol. The molecule has 1 fully saturated rings. The molecule has 1 atom stereocenters. The van der Waals surface area contributed by atoms with Gasteiger partial charge in [0.2, 0.25) is 5.91 Å². The minimum Gasteiger partial charge on any atom is -0.293 e. The minimum atomic E-state index is -0.500. The predicted molar refractivity (Wildman–Crippen MR) is 97.1 cm³/mol. The number of rotatable bonds is 4. The van der Waals surface area contributed by atoms with Gasteiger partial charge in [0, 0.05) is 30.4 Å². The first kappa shape index (κ1) is 16.4. The molecule has 1 amide bonds. The fraction of sp³-hybridized carbons (Fsp3) is 0.250. The smallest absolute Gasteiger partial charge is 0.231 e. The van der Waals surface area contributed by atoms with E-state index in [1.807, 2.05) is 31.2 Å². The highest BCUT2D eigenvalue weighted by atomic mass is 19.1. The van der Waals surface area contributed by atoms with Gasteiger partial charge in [-0.3, -0.25) is 19.8 Å². The topological polar surface area (TPSA) is 61.9 Å². The molecule has 1 saturated heterocycles. The van der Waals surface area contributed by atoms with Crippen LogP contribution in [-0.2, 0) is 11.2 Å². The Balaban J connectivity index is 1.53. The van der Waals surface area contributed by atoms with Gasteiger partial charge in [-0.25, -0.2) is 4.39 Å². The zero-order valence-electron chi connectivity index (χ0n) is 14.4. The van der Waals surface area contributed by atoms with E-state index >= 15 is 0 Å². The van der Waals surface area contributed by atoms with Gasteiger partial charge in [-0.2, -0.15) is 5.10 Å². The lowest BCUT2D eigenvalue weighted by Gasteiger charge is -2.14. The summed E-state index contributed by atoms with van der Waals surface area (Å²) < 4.78 is 14.8. The fourth-order valence-corrected chi connectivity index (χ4v) is 3.35. The number of anilines is 1. The molecule has 4 rings (SSSR count). The molecule has 5 nitrogen and oxygen atoms in total. The number of benzene rings is 1. The van der Waals surface area contributed by atoms with E-state index in [4.69, 9.17) is 0 Å². The Kier molecular flexibility index (Phi) is 4.24. The van der Waals surface area contributed by atoms with Crippen molar-refractivity contribution in [1.82, 2.24) is 15.2 Å². The Morgan fingerprint density at radius 3 is 2.65 bits per heavy atom. The summed E-state index contributed by atoms with van der Waals surface area (Å²) in [6, 6.07) is 11.6. The average Bonchev–Trinajstić information content (AvgIpc) is 3.21. The molecule has 26 heavy (non-hydrogen) atoms. The number of carbonyl (C=O) groups excluding carboxylic acids is 1. The zero-order chi connectivity index (χ0) is 18.1. The van der Waals surface area contributed by atoms with Crippen molar-refractivity contribution in [3.63, 3.8) is 0 Å². The summed E-state index contributed by atoms with van der Waals surface area (Å²) in [6.45, 7) is 2.51. The summed E-state index contributed by atoms with van der Waals surface area (Å²) in [5, 5.41) is 6.77. The fourth-order valence-electron chi connectivity index (χ4n) is 3.35. The molecule has 1 unspecified atom stereocenters. The number of aromatic amines is 1. The molecule has 1 N–H and O–H groups in total. The van der Waals surface area contributed by atoms with Gasteiger partial charge in [-0.15, -0.1) is 0 Å². The van der Waals surface area contributed by atoms with Crippen LogP contribution in [0.3, 0.4) is 0 Å². The Bertz CT molecular complexity index is 921. The van der Waals surface area contributed by atoms with E-state index in [-0.39, 0.29) is 23.3 Å². The second-order valence-corrected chi connectivity index (χ2v) is 6.64. The third-order valence-corrected chi connectivity index (χ3v) is 4.83. The number of hydrogen-bond acceptors (Lipinski definition) is 3. The molecule has 0 bridgehead atoms. The molecule has 0 saturated carbocycles. The Morgan fingerprint density at radius 1 is 1.19 bits per heavy atom. The van der Waals surface area contributed by atoms with Crippen molar-refractivity contribution in [3.05, 3.63) is 65.7 Å². The van der Waals surface area contributed by atoms with Crippen molar-refractivity contribution >= 4 is 11.7 Å². The number of amides is 1. The molecule has 0 aliphatic carbocycles. The molecule has 3 heterocycles. The van der Waals surface area contributed by atoms with Crippen LogP contribution in [0.25, 0.3) is 11.3 Å². The third-order valence-electron chi connectivity index (χ3n) is 4.83. The highest BCUT2D eigenvalue weighted by molar-refractivity contribution is 5.97. The van der Waals surface area contributed by atoms with Gasteiger partial charge in [0.15, 0.2) is 11.6 Å². The van der Waals surface area contributed by atoms with Crippen LogP contribution in [0, 0.1) is 18.7 Å². The van der Waals surface area contributed by atoms with Crippen LogP contribution < -0.4 is 4.90 Å². The highest BCUT2D eigenvalue weighted by Gasteiger charge is 2.35. The lowest BCUT2D eigenvalue weighted by atomic mass is 9.97. The maximum atomic E-state index is 14.8. The minimum absolute atomic E-state index is 0.0720. The third kappa shape index (κ3) is 2.98. The maximum absolute atomic E-state index is 14.8. The van der Waals surface area contributed by atoms with Crippen molar-refractivity contribution in [2.24, 2.45) is 5.92 Å². The highest BCUT2D eigenvalue weighted by Crippen LogP contribution is 2.32. The molecule has 132 valence electrons. The Labute approximate surface area is 150 Å². The average molecular weight is 350 g/mol. The van der Waals surface area contributed by atoms with Crippen LogP contribution in [0.1, 0.15) is 17.5 Å². The SMILES string of the molecule is Cc1ccc(CC2CCN(c3n[nH]c(-c4ccncc4)c3F)C2=O)cc1. The van der Waals surface area contributed by atoms with Crippen molar-refractivity contribution in [3.8, 4) is 11.3 Å². The Morgan fingerprint density at radius 2 is 1.92 bits per heavy atom. The summed E-state index contributed by atoms with van der Waals surface area (Å²) in [5.74, 6) is -0.635. The van der Waals surface area contributed by atoms with Crippen LogP contribution in [0.2, 0.25) is 0 Å². The van der Waals surface area contributed by atoms with Crippen LogP contribution in [-0.4, -0.2) is 27.6 Å². The Hall–Kier alpha value is -3.02. The number of halogens is 1. The van der Waals surface area contributed by atoms with Crippen LogP contribution in [0.5, 0.6) is 0 Å². The molecule has 1 aromatic carbocycles. The van der Waals surface area contributed by atoms with E-state index in [9.17, 15) is 9.18 Å². The molecule has 2 aromatic heterocycles. The number of nitrogens with zero attached hydrogens (tertiary/aromatic N) is 3. The summed E-state index contributed by atoms with van der Waals surface area (Å²) in [6.07, 6.45) is 4.55. The van der Waals surface area contributed by atoms with Crippen molar-refractivity contribution in [1.29, 1.82) is 0 Å². The van der Waals surface area contributed by atoms with Gasteiger partial charge in [-0.1, -0.05) is 29.8 Å². The summed E-state index contributed by atoms with van der Waals surface area (Å²) >= 11 is 0. The first-order chi connectivity index (χ1) is 12.6. The lowest BCUT2D eigenvalue weighted by Crippen LogP contribution is -2.28. The monoisotopic (exact) mass is 350 g/mol. The number of nitrogens with one attached hydrogen (secondary N) is 1. The van der Waals surface area contributed by atoms with E-state index in [0.717, 1.165) is 5.56 Å². The zero-order valence-corrected chi connectivity index (χ0v) is 14.4. The molecule has 1 aliphatic rings. The van der Waals surface area contributed by atoms with Crippen molar-refractivity contribution in [2.45, 2.75) is 19.8 Å². The predicted octanol–water partition coefficient (Wildman–Crippen LogP) is 3.51. The lowest BCUT2D eigenvalue weighted by molar-refractivity contribution is -0.120. The van der Waals surface area contributed by atoms with Gasteiger partial charge in [0.25, 0.3) is 0 Å².